The predicted molar refractivity (Wildman–Crippen MR) is 90.6 cm³/mol. The molecule has 1 aromatic rings. The number of hydrogen-bond donors (Lipinski definition) is 3. The summed E-state index contributed by atoms with van der Waals surface area (Å²) in [6, 6.07) is 3.70. The topological polar surface area (TPSA) is 84.6 Å². The van der Waals surface area contributed by atoms with E-state index >= 15 is 0 Å². The first-order chi connectivity index (χ1) is 11.1. The molecule has 0 saturated carbocycles. The minimum Gasteiger partial charge on any atom is -0.491 e. The van der Waals surface area contributed by atoms with E-state index in [1.165, 1.54) is 12.1 Å². The number of aliphatic hydroxyl groups excluding tert-OH is 1. The lowest BCUT2D eigenvalue weighted by molar-refractivity contribution is -0.137. The molecular formula is C16H24ClF3N2O3. The molecule has 0 aliphatic carbocycles. The lowest BCUT2D eigenvalue weighted by atomic mass is 10.0. The molecule has 5 nitrogen and oxygen atoms in total. The molecule has 1 unspecified atom stereocenters. The first kappa shape index (κ1) is 23.5. The fourth-order valence-corrected chi connectivity index (χ4v) is 1.98. The van der Waals surface area contributed by atoms with Gasteiger partial charge in [0.15, 0.2) is 0 Å². The van der Waals surface area contributed by atoms with Gasteiger partial charge in [-0.25, -0.2) is 0 Å². The van der Waals surface area contributed by atoms with Gasteiger partial charge in [-0.15, -0.1) is 12.4 Å². The van der Waals surface area contributed by atoms with E-state index in [1.807, 2.05) is 13.8 Å². The Labute approximate surface area is 151 Å². The molecular weight excluding hydrogens is 361 g/mol. The van der Waals surface area contributed by atoms with E-state index in [-0.39, 0.29) is 43.1 Å². The fraction of sp³-hybridized carbons (Fsp3) is 0.562. The summed E-state index contributed by atoms with van der Waals surface area (Å²) in [4.78, 5) is 11.7. The number of carbonyl (C=O) groups excluding carboxylic acids is 1. The van der Waals surface area contributed by atoms with E-state index in [2.05, 4.69) is 5.32 Å². The molecule has 0 heterocycles. The highest BCUT2D eigenvalue weighted by Crippen LogP contribution is 2.31. The summed E-state index contributed by atoms with van der Waals surface area (Å²) in [5, 5.41) is 12.2. The first-order valence-electron chi connectivity index (χ1n) is 7.61. The van der Waals surface area contributed by atoms with Crippen LogP contribution in [0.5, 0.6) is 5.75 Å². The van der Waals surface area contributed by atoms with Gasteiger partial charge in [0.05, 0.1) is 11.6 Å². The largest absolute Gasteiger partial charge is 0.491 e. The summed E-state index contributed by atoms with van der Waals surface area (Å²) < 4.78 is 42.9. The van der Waals surface area contributed by atoms with Gasteiger partial charge in [0, 0.05) is 6.54 Å². The Hall–Kier alpha value is -1.51. The highest BCUT2D eigenvalue weighted by Gasteiger charge is 2.30. The Bertz CT molecular complexity index is 542. The van der Waals surface area contributed by atoms with E-state index in [0.29, 0.717) is 6.42 Å². The van der Waals surface area contributed by atoms with Crippen molar-refractivity contribution in [3.63, 3.8) is 0 Å². The molecule has 0 fully saturated rings. The fourth-order valence-electron chi connectivity index (χ4n) is 1.98. The number of hydrogen-bond acceptors (Lipinski definition) is 4. The van der Waals surface area contributed by atoms with Crippen LogP contribution >= 0.6 is 12.4 Å². The van der Waals surface area contributed by atoms with Crippen LogP contribution in [0.3, 0.4) is 0 Å². The summed E-state index contributed by atoms with van der Waals surface area (Å²) in [5.74, 6) is -0.131. The highest BCUT2D eigenvalue weighted by molar-refractivity contribution is 5.85. The quantitative estimate of drug-likeness (QED) is 0.642. The summed E-state index contributed by atoms with van der Waals surface area (Å²) in [6.45, 7) is 3.53. The van der Waals surface area contributed by atoms with Crippen molar-refractivity contribution in [2.24, 2.45) is 11.7 Å². The second-order valence-electron chi connectivity index (χ2n) is 5.97. The molecule has 0 radical (unpaired) electrons. The molecule has 0 aromatic heterocycles. The van der Waals surface area contributed by atoms with Crippen LogP contribution < -0.4 is 15.8 Å². The Balaban J connectivity index is 0.00000576. The second kappa shape index (κ2) is 10.5. The SMILES string of the molecule is CC(C)C[C@H](N)C(=O)NCC(O)COc1cccc(C(F)(F)F)c1.Cl. The molecule has 9 heteroatoms. The third kappa shape index (κ3) is 8.94. The van der Waals surface area contributed by atoms with Crippen LogP contribution in [0.2, 0.25) is 0 Å². The van der Waals surface area contributed by atoms with Crippen LogP contribution in [0, 0.1) is 5.92 Å². The molecule has 0 aliphatic heterocycles. The summed E-state index contributed by atoms with van der Waals surface area (Å²) in [5.41, 5.74) is 4.86. The van der Waals surface area contributed by atoms with Crippen LogP contribution in [0.25, 0.3) is 0 Å². The molecule has 144 valence electrons. The summed E-state index contributed by atoms with van der Waals surface area (Å²) in [7, 11) is 0. The van der Waals surface area contributed by atoms with Gasteiger partial charge in [-0.05, 0) is 30.5 Å². The van der Waals surface area contributed by atoms with Gasteiger partial charge in [0.1, 0.15) is 18.5 Å². The number of alkyl halides is 3. The molecule has 1 rings (SSSR count). The number of nitrogens with two attached hydrogens (primary N) is 1. The number of aliphatic hydroxyl groups is 1. The zero-order chi connectivity index (χ0) is 18.3. The molecule has 0 bridgehead atoms. The minimum absolute atomic E-state index is 0. The van der Waals surface area contributed by atoms with Crippen LogP contribution in [-0.4, -0.2) is 36.3 Å². The minimum atomic E-state index is -4.46. The normalized spacial score (nSPS) is 13.8. The Morgan fingerprint density at radius 3 is 2.56 bits per heavy atom. The van der Waals surface area contributed by atoms with E-state index in [9.17, 15) is 23.1 Å². The first-order valence-corrected chi connectivity index (χ1v) is 7.61. The lowest BCUT2D eigenvalue weighted by Crippen LogP contribution is -2.45. The van der Waals surface area contributed by atoms with Gasteiger partial charge in [0.25, 0.3) is 0 Å². The Morgan fingerprint density at radius 2 is 2.00 bits per heavy atom. The van der Waals surface area contributed by atoms with Gasteiger partial charge in [-0.1, -0.05) is 19.9 Å². The average molecular weight is 385 g/mol. The van der Waals surface area contributed by atoms with Gasteiger partial charge in [-0.2, -0.15) is 13.2 Å². The van der Waals surface area contributed by atoms with Crippen LogP contribution in [0.1, 0.15) is 25.8 Å². The maximum absolute atomic E-state index is 12.6. The van der Waals surface area contributed by atoms with Crippen LogP contribution in [-0.2, 0) is 11.0 Å². The monoisotopic (exact) mass is 384 g/mol. The van der Waals surface area contributed by atoms with E-state index in [0.717, 1.165) is 12.1 Å². The molecule has 2 atom stereocenters. The van der Waals surface area contributed by atoms with Crippen molar-refractivity contribution in [1.82, 2.24) is 5.32 Å². The van der Waals surface area contributed by atoms with Crippen molar-refractivity contribution in [3.05, 3.63) is 29.8 Å². The number of ether oxygens (including phenoxy) is 1. The second-order valence-corrected chi connectivity index (χ2v) is 5.97. The van der Waals surface area contributed by atoms with Gasteiger partial charge in [0.2, 0.25) is 5.91 Å². The smallest absolute Gasteiger partial charge is 0.416 e. The molecule has 0 saturated heterocycles. The van der Waals surface area contributed by atoms with Crippen LogP contribution in [0.15, 0.2) is 24.3 Å². The number of rotatable bonds is 8. The summed E-state index contributed by atoms with van der Waals surface area (Å²) >= 11 is 0. The molecule has 0 spiro atoms. The maximum Gasteiger partial charge on any atom is 0.416 e. The summed E-state index contributed by atoms with van der Waals surface area (Å²) in [6.07, 6.45) is -5.00. The zero-order valence-electron chi connectivity index (χ0n) is 14.0. The molecule has 4 N–H and O–H groups in total. The van der Waals surface area contributed by atoms with Crippen molar-refractivity contribution >= 4 is 18.3 Å². The third-order valence-corrected chi connectivity index (χ3v) is 3.18. The third-order valence-electron chi connectivity index (χ3n) is 3.18. The van der Waals surface area contributed by atoms with Crippen LogP contribution in [0.4, 0.5) is 13.2 Å². The number of amides is 1. The van der Waals surface area contributed by atoms with E-state index in [4.69, 9.17) is 10.5 Å². The van der Waals surface area contributed by atoms with Gasteiger partial charge < -0.3 is 20.9 Å². The van der Waals surface area contributed by atoms with E-state index < -0.39 is 23.9 Å². The van der Waals surface area contributed by atoms with E-state index in [1.54, 1.807) is 0 Å². The maximum atomic E-state index is 12.6. The zero-order valence-corrected chi connectivity index (χ0v) is 14.9. The number of benzene rings is 1. The Kier molecular flexibility index (Phi) is 9.84. The molecule has 1 aromatic carbocycles. The highest BCUT2D eigenvalue weighted by atomic mass is 35.5. The molecule has 25 heavy (non-hydrogen) atoms. The molecule has 1 amide bonds. The standard InChI is InChI=1S/C16H23F3N2O3.ClH/c1-10(2)6-14(20)15(23)21-8-12(22)9-24-13-5-3-4-11(7-13)16(17,18)19;/h3-5,7,10,12,14,22H,6,8-9,20H2,1-2H3,(H,21,23);1H/t12?,14-;/m0./s1. The Morgan fingerprint density at radius 1 is 1.36 bits per heavy atom. The van der Waals surface area contributed by atoms with Crippen molar-refractivity contribution in [2.45, 2.75) is 38.6 Å². The number of nitrogens with one attached hydrogen (secondary N) is 1. The predicted octanol–water partition coefficient (Wildman–Crippen LogP) is 2.36. The van der Waals surface area contributed by atoms with Gasteiger partial charge in [-0.3, -0.25) is 4.79 Å². The van der Waals surface area contributed by atoms with Crippen molar-refractivity contribution in [2.75, 3.05) is 13.2 Å². The number of carbonyl (C=O) groups is 1. The van der Waals surface area contributed by atoms with Crippen molar-refractivity contribution in [3.8, 4) is 5.75 Å². The molecule has 0 aliphatic rings. The number of halogens is 4. The lowest BCUT2D eigenvalue weighted by Gasteiger charge is -2.17. The van der Waals surface area contributed by atoms with Crippen molar-refractivity contribution in [1.29, 1.82) is 0 Å². The average Bonchev–Trinajstić information content (AvgIpc) is 2.49. The van der Waals surface area contributed by atoms with Gasteiger partial charge >= 0.3 is 6.18 Å². The van der Waals surface area contributed by atoms with Crippen molar-refractivity contribution < 1.29 is 27.8 Å².